The zero-order chi connectivity index (χ0) is 14.2. The van der Waals surface area contributed by atoms with Gasteiger partial charge in [0.1, 0.15) is 0 Å². The van der Waals surface area contributed by atoms with Crippen molar-refractivity contribution < 1.29 is 13.2 Å². The number of alkyl halides is 3. The smallest absolute Gasteiger partial charge is 0.253 e. The van der Waals surface area contributed by atoms with Crippen LogP contribution in [-0.4, -0.2) is 4.98 Å². The zero-order valence-corrected chi connectivity index (χ0v) is 10.9. The van der Waals surface area contributed by atoms with Crippen LogP contribution in [0.3, 0.4) is 0 Å². The first-order valence-electron chi connectivity index (χ1n) is 6.71. The van der Waals surface area contributed by atoms with Crippen molar-refractivity contribution in [3.8, 4) is 11.3 Å². The Hall–Kier alpha value is -1.84. The summed E-state index contributed by atoms with van der Waals surface area (Å²) in [6.45, 7) is 0. The van der Waals surface area contributed by atoms with Crippen molar-refractivity contribution in [3.63, 3.8) is 0 Å². The minimum Gasteiger partial charge on any atom is -0.253 e. The van der Waals surface area contributed by atoms with Crippen molar-refractivity contribution in [3.05, 3.63) is 53.2 Å². The lowest BCUT2D eigenvalue weighted by atomic mass is 9.94. The molecule has 4 heteroatoms. The van der Waals surface area contributed by atoms with Gasteiger partial charge in [0.15, 0.2) is 0 Å². The molecule has 2 aromatic rings. The molecule has 104 valence electrons. The maximum atomic E-state index is 13.0. The summed E-state index contributed by atoms with van der Waals surface area (Å²) in [5.41, 5.74) is 2.07. The van der Waals surface area contributed by atoms with Crippen LogP contribution in [0.1, 0.15) is 29.7 Å². The second-order valence-electron chi connectivity index (χ2n) is 5.05. The van der Waals surface area contributed by atoms with E-state index in [-0.39, 0.29) is 5.56 Å². The topological polar surface area (TPSA) is 12.9 Å². The highest BCUT2D eigenvalue weighted by Crippen LogP contribution is 2.36. The summed E-state index contributed by atoms with van der Waals surface area (Å²) in [7, 11) is 0. The van der Waals surface area contributed by atoms with Gasteiger partial charge < -0.3 is 0 Å². The highest BCUT2D eigenvalue weighted by molar-refractivity contribution is 5.65. The summed E-state index contributed by atoms with van der Waals surface area (Å²) in [6.07, 6.45) is -0.327. The lowest BCUT2D eigenvalue weighted by Gasteiger charge is -2.17. The number of halogens is 3. The van der Waals surface area contributed by atoms with E-state index in [0.717, 1.165) is 37.4 Å². The average molecular weight is 277 g/mol. The fourth-order valence-corrected chi connectivity index (χ4v) is 2.69. The summed E-state index contributed by atoms with van der Waals surface area (Å²) >= 11 is 0. The number of hydrogen-bond acceptors (Lipinski definition) is 1. The van der Waals surface area contributed by atoms with Gasteiger partial charge in [-0.15, -0.1) is 0 Å². The summed E-state index contributed by atoms with van der Waals surface area (Å²) in [6, 6.07) is 9.24. The van der Waals surface area contributed by atoms with Crippen LogP contribution in [0.5, 0.6) is 0 Å². The number of rotatable bonds is 1. The quantitative estimate of drug-likeness (QED) is 0.739. The molecule has 0 unspecified atom stereocenters. The van der Waals surface area contributed by atoms with E-state index >= 15 is 0 Å². The Labute approximate surface area is 115 Å². The molecule has 0 saturated heterocycles. The van der Waals surface area contributed by atoms with Crippen LogP contribution in [0.2, 0.25) is 0 Å². The average Bonchev–Trinajstić information content (AvgIpc) is 2.46. The van der Waals surface area contributed by atoms with Gasteiger partial charge in [0.05, 0.1) is 11.3 Å². The zero-order valence-electron chi connectivity index (χ0n) is 10.9. The van der Waals surface area contributed by atoms with Crippen LogP contribution in [0.4, 0.5) is 13.2 Å². The van der Waals surface area contributed by atoms with E-state index < -0.39 is 11.7 Å². The van der Waals surface area contributed by atoms with Crippen molar-refractivity contribution in [1.29, 1.82) is 0 Å². The molecule has 1 aliphatic carbocycles. The molecule has 0 radical (unpaired) electrons. The molecule has 0 atom stereocenters. The van der Waals surface area contributed by atoms with E-state index in [4.69, 9.17) is 0 Å². The maximum absolute atomic E-state index is 13.0. The monoisotopic (exact) mass is 277 g/mol. The molecular weight excluding hydrogens is 263 g/mol. The van der Waals surface area contributed by atoms with Crippen molar-refractivity contribution in [2.75, 3.05) is 0 Å². The van der Waals surface area contributed by atoms with Crippen LogP contribution in [0.15, 0.2) is 36.4 Å². The summed E-state index contributed by atoms with van der Waals surface area (Å²) in [5.74, 6) is 0. The molecule has 0 amide bonds. The Morgan fingerprint density at radius 3 is 2.45 bits per heavy atom. The number of hydrogen-bond donors (Lipinski definition) is 0. The molecule has 0 bridgehead atoms. The fourth-order valence-electron chi connectivity index (χ4n) is 2.69. The third kappa shape index (κ3) is 2.42. The van der Waals surface area contributed by atoms with E-state index in [2.05, 4.69) is 4.98 Å². The first kappa shape index (κ1) is 13.2. The third-order valence-electron chi connectivity index (χ3n) is 3.69. The Balaban J connectivity index is 2.10. The normalized spacial score (nSPS) is 14.9. The Bertz CT molecular complexity index is 632. The Morgan fingerprint density at radius 2 is 1.65 bits per heavy atom. The second kappa shape index (κ2) is 4.93. The molecule has 1 aromatic heterocycles. The summed E-state index contributed by atoms with van der Waals surface area (Å²) in [5, 5.41) is 0. The maximum Gasteiger partial charge on any atom is 0.417 e. The molecule has 1 nitrogen and oxygen atoms in total. The van der Waals surface area contributed by atoms with E-state index in [1.165, 1.54) is 17.7 Å². The van der Waals surface area contributed by atoms with Crippen LogP contribution < -0.4 is 0 Å². The summed E-state index contributed by atoms with van der Waals surface area (Å²) in [4.78, 5) is 4.46. The third-order valence-corrected chi connectivity index (χ3v) is 3.69. The van der Waals surface area contributed by atoms with Crippen molar-refractivity contribution in [2.45, 2.75) is 31.9 Å². The fraction of sp³-hybridized carbons (Fsp3) is 0.312. The van der Waals surface area contributed by atoms with Crippen molar-refractivity contribution >= 4 is 0 Å². The van der Waals surface area contributed by atoms with E-state index in [0.29, 0.717) is 5.69 Å². The molecule has 20 heavy (non-hydrogen) atoms. The standard InChI is InChI=1S/C16H14F3N/c17-16(18,19)13-7-3-2-6-12(13)15-10-9-11-5-1-4-8-14(11)20-15/h2-3,6-7,9-10H,1,4-5,8H2. The first-order valence-corrected chi connectivity index (χ1v) is 6.71. The van der Waals surface area contributed by atoms with Gasteiger partial charge in [0.25, 0.3) is 0 Å². The number of fused-ring (bicyclic) bond motifs is 1. The van der Waals surface area contributed by atoms with Crippen LogP contribution in [0.25, 0.3) is 11.3 Å². The molecule has 0 N–H and O–H groups in total. The Morgan fingerprint density at radius 1 is 0.900 bits per heavy atom. The predicted octanol–water partition coefficient (Wildman–Crippen LogP) is 4.65. The van der Waals surface area contributed by atoms with Gasteiger partial charge in [-0.25, -0.2) is 0 Å². The van der Waals surface area contributed by atoms with Gasteiger partial charge >= 0.3 is 6.18 Å². The van der Waals surface area contributed by atoms with Crippen LogP contribution >= 0.6 is 0 Å². The minimum absolute atomic E-state index is 0.161. The molecule has 0 fully saturated rings. The highest BCUT2D eigenvalue weighted by atomic mass is 19.4. The molecule has 0 aliphatic heterocycles. The highest BCUT2D eigenvalue weighted by Gasteiger charge is 2.33. The first-order chi connectivity index (χ1) is 9.55. The molecule has 0 spiro atoms. The molecular formula is C16H14F3N. The lowest BCUT2D eigenvalue weighted by Crippen LogP contribution is -2.09. The van der Waals surface area contributed by atoms with Gasteiger partial charge in [0.2, 0.25) is 0 Å². The largest absolute Gasteiger partial charge is 0.417 e. The number of nitrogens with zero attached hydrogens (tertiary/aromatic N) is 1. The van der Waals surface area contributed by atoms with Gasteiger partial charge in [-0.2, -0.15) is 13.2 Å². The number of benzene rings is 1. The predicted molar refractivity (Wildman–Crippen MR) is 71.3 cm³/mol. The molecule has 1 aromatic carbocycles. The van der Waals surface area contributed by atoms with Gasteiger partial charge in [-0.05, 0) is 43.4 Å². The van der Waals surface area contributed by atoms with Crippen molar-refractivity contribution in [1.82, 2.24) is 4.98 Å². The number of aryl methyl sites for hydroxylation is 2. The summed E-state index contributed by atoms with van der Waals surface area (Å²) < 4.78 is 39.1. The SMILES string of the molecule is FC(F)(F)c1ccccc1-c1ccc2c(n1)CCCC2. The van der Waals surface area contributed by atoms with Crippen molar-refractivity contribution in [2.24, 2.45) is 0 Å². The number of pyridine rings is 1. The minimum atomic E-state index is -4.35. The van der Waals surface area contributed by atoms with Gasteiger partial charge in [-0.3, -0.25) is 4.98 Å². The van der Waals surface area contributed by atoms with Crippen LogP contribution in [0, 0.1) is 0 Å². The van der Waals surface area contributed by atoms with E-state index in [1.807, 2.05) is 6.07 Å². The molecule has 3 rings (SSSR count). The van der Waals surface area contributed by atoms with Gasteiger partial charge in [-0.1, -0.05) is 24.3 Å². The van der Waals surface area contributed by atoms with Gasteiger partial charge in [0, 0.05) is 11.3 Å². The molecule has 1 heterocycles. The van der Waals surface area contributed by atoms with E-state index in [9.17, 15) is 13.2 Å². The molecule has 1 aliphatic rings. The Kier molecular flexibility index (Phi) is 3.24. The van der Waals surface area contributed by atoms with Crippen LogP contribution in [-0.2, 0) is 19.0 Å². The molecule has 0 saturated carbocycles. The van der Waals surface area contributed by atoms with E-state index in [1.54, 1.807) is 12.1 Å². The lowest BCUT2D eigenvalue weighted by molar-refractivity contribution is -0.137. The second-order valence-corrected chi connectivity index (χ2v) is 5.05. The number of aromatic nitrogens is 1.